The van der Waals surface area contributed by atoms with Gasteiger partial charge in [0.25, 0.3) is 0 Å². The first-order valence-corrected chi connectivity index (χ1v) is 9.87. The van der Waals surface area contributed by atoms with Gasteiger partial charge in [0, 0.05) is 18.3 Å². The Bertz CT molecular complexity index is 764. The number of pyridine rings is 1. The van der Waals surface area contributed by atoms with Crippen LogP contribution in [0.1, 0.15) is 44.2 Å². The fourth-order valence-electron chi connectivity index (χ4n) is 4.06. The minimum atomic E-state index is -0.760. The summed E-state index contributed by atoms with van der Waals surface area (Å²) in [5, 5.41) is 15.4. The number of halogens is 1. The number of nitrogens with zero attached hydrogens (tertiary/aromatic N) is 4. The topological polar surface area (TPSA) is 103 Å². The molecule has 1 N–H and O–H groups in total. The van der Waals surface area contributed by atoms with Gasteiger partial charge in [0.15, 0.2) is 5.78 Å². The third kappa shape index (κ3) is 5.44. The van der Waals surface area contributed by atoms with Crippen molar-refractivity contribution in [2.45, 2.75) is 51.0 Å². The van der Waals surface area contributed by atoms with Crippen molar-refractivity contribution in [3.05, 3.63) is 29.8 Å². The maximum Gasteiger partial charge on any atom is 0.248 e. The Morgan fingerprint density at radius 3 is 2.76 bits per heavy atom. The second-order valence-corrected chi connectivity index (χ2v) is 7.65. The zero-order valence-corrected chi connectivity index (χ0v) is 16.1. The summed E-state index contributed by atoms with van der Waals surface area (Å²) in [6, 6.07) is 1.91. The largest absolute Gasteiger partial charge is 0.297 e. The van der Waals surface area contributed by atoms with Crippen molar-refractivity contribution in [3.63, 3.8) is 0 Å². The second kappa shape index (κ2) is 9.69. The van der Waals surface area contributed by atoms with Crippen molar-refractivity contribution in [2.24, 2.45) is 16.9 Å². The van der Waals surface area contributed by atoms with E-state index in [2.05, 4.69) is 10.1 Å². The normalized spacial score (nSPS) is 20.1. The molecule has 9 heteroatoms. The Balaban J connectivity index is 1.69. The van der Waals surface area contributed by atoms with Gasteiger partial charge in [-0.05, 0) is 24.5 Å². The van der Waals surface area contributed by atoms with Crippen LogP contribution in [0.5, 0.6) is 0 Å². The van der Waals surface area contributed by atoms with E-state index in [0.717, 1.165) is 31.9 Å². The summed E-state index contributed by atoms with van der Waals surface area (Å²) < 4.78 is 13.0. The lowest BCUT2D eigenvalue weighted by atomic mass is 9.91. The summed E-state index contributed by atoms with van der Waals surface area (Å²) in [4.78, 5) is 40.6. The Hall–Kier alpha value is -2.68. The smallest absolute Gasteiger partial charge is 0.248 e. The molecule has 1 aromatic rings. The maximum atomic E-state index is 13.1. The number of aromatic nitrogens is 1. The molecule has 3 rings (SSSR count). The molecule has 1 aliphatic heterocycles. The Labute approximate surface area is 168 Å². The number of Topliss-reactive ketones (excluding diaryl/α,β-unsaturated/α-hetero) is 1. The Morgan fingerprint density at radius 1 is 1.34 bits per heavy atom. The number of hydrazone groups is 1. The highest BCUT2D eigenvalue weighted by molar-refractivity contribution is 5.94. The summed E-state index contributed by atoms with van der Waals surface area (Å²) >= 11 is 0. The van der Waals surface area contributed by atoms with Crippen LogP contribution in [0, 0.1) is 17.7 Å². The van der Waals surface area contributed by atoms with E-state index in [1.807, 2.05) is 0 Å². The number of hydrogen-bond donors (Lipinski definition) is 1. The molecule has 0 radical (unpaired) electrons. The van der Waals surface area contributed by atoms with Crippen molar-refractivity contribution in [2.75, 3.05) is 6.54 Å². The van der Waals surface area contributed by atoms with Crippen LogP contribution in [0.2, 0.25) is 0 Å². The number of hydroxylamine groups is 2. The lowest BCUT2D eigenvalue weighted by molar-refractivity contribution is -0.158. The van der Waals surface area contributed by atoms with Crippen LogP contribution in [0.3, 0.4) is 0 Å². The lowest BCUT2D eigenvalue weighted by Gasteiger charge is -2.28. The predicted octanol–water partition coefficient (Wildman–Crippen LogP) is 1.96. The van der Waals surface area contributed by atoms with E-state index in [9.17, 15) is 24.0 Å². The molecule has 8 nitrogen and oxygen atoms in total. The van der Waals surface area contributed by atoms with Crippen molar-refractivity contribution >= 4 is 24.3 Å². The van der Waals surface area contributed by atoms with Crippen LogP contribution < -0.4 is 0 Å². The molecule has 0 unspecified atom stereocenters. The predicted molar refractivity (Wildman–Crippen MR) is 101 cm³/mol. The summed E-state index contributed by atoms with van der Waals surface area (Å²) in [6.45, 7) is -0.134. The van der Waals surface area contributed by atoms with Gasteiger partial charge in [-0.15, -0.1) is 0 Å². The van der Waals surface area contributed by atoms with Gasteiger partial charge in [-0.2, -0.15) is 5.10 Å². The molecule has 0 aromatic carbocycles. The lowest BCUT2D eigenvalue weighted by Crippen LogP contribution is -2.45. The molecule has 156 valence electrons. The van der Waals surface area contributed by atoms with E-state index in [1.165, 1.54) is 23.4 Å². The highest BCUT2D eigenvalue weighted by Crippen LogP contribution is 2.32. The molecule has 2 heterocycles. The molecular formula is C20H25FN4O4. The summed E-state index contributed by atoms with van der Waals surface area (Å²) in [5.41, 5.74) is 0.417. The van der Waals surface area contributed by atoms with Gasteiger partial charge in [0.05, 0.1) is 25.1 Å². The first-order chi connectivity index (χ1) is 14.0. The van der Waals surface area contributed by atoms with Gasteiger partial charge in [-0.25, -0.2) is 14.5 Å². The quantitative estimate of drug-likeness (QED) is 0.385. The molecule has 1 aromatic heterocycles. The Morgan fingerprint density at radius 2 is 2.10 bits per heavy atom. The third-order valence-electron chi connectivity index (χ3n) is 5.54. The van der Waals surface area contributed by atoms with E-state index in [1.54, 1.807) is 0 Å². The van der Waals surface area contributed by atoms with Crippen LogP contribution in [-0.4, -0.2) is 57.2 Å². The van der Waals surface area contributed by atoms with Gasteiger partial charge in [-0.1, -0.05) is 25.7 Å². The van der Waals surface area contributed by atoms with Crippen molar-refractivity contribution in [1.29, 1.82) is 0 Å². The van der Waals surface area contributed by atoms with Gasteiger partial charge >= 0.3 is 0 Å². The van der Waals surface area contributed by atoms with Crippen LogP contribution >= 0.6 is 0 Å². The van der Waals surface area contributed by atoms with Gasteiger partial charge < -0.3 is 0 Å². The van der Waals surface area contributed by atoms with E-state index in [4.69, 9.17) is 0 Å². The number of carbonyl (C=O) groups excluding carboxylic acids is 3. The minimum Gasteiger partial charge on any atom is -0.297 e. The average Bonchev–Trinajstić information content (AvgIpc) is 3.40. The monoisotopic (exact) mass is 404 g/mol. The second-order valence-electron chi connectivity index (χ2n) is 7.65. The fourth-order valence-corrected chi connectivity index (χ4v) is 4.06. The number of ketones is 1. The zero-order valence-electron chi connectivity index (χ0n) is 16.1. The molecule has 1 saturated carbocycles. The van der Waals surface area contributed by atoms with E-state index < -0.39 is 17.8 Å². The Kier molecular flexibility index (Phi) is 7.03. The number of amides is 2. The molecule has 0 saturated heterocycles. The van der Waals surface area contributed by atoms with Crippen molar-refractivity contribution in [3.8, 4) is 0 Å². The molecule has 2 aliphatic rings. The van der Waals surface area contributed by atoms with Crippen molar-refractivity contribution < 1.29 is 24.0 Å². The summed E-state index contributed by atoms with van der Waals surface area (Å²) in [6.07, 6.45) is 7.86. The van der Waals surface area contributed by atoms with Crippen LogP contribution in [0.15, 0.2) is 23.4 Å². The number of carbonyl (C=O) groups is 3. The van der Waals surface area contributed by atoms with Gasteiger partial charge in [0.1, 0.15) is 11.9 Å². The molecule has 0 bridgehead atoms. The third-order valence-corrected chi connectivity index (χ3v) is 5.54. The molecule has 1 aliphatic carbocycles. The van der Waals surface area contributed by atoms with E-state index in [0.29, 0.717) is 29.5 Å². The van der Waals surface area contributed by atoms with Crippen LogP contribution in [-0.2, 0) is 20.8 Å². The number of rotatable bonds is 9. The molecular weight excluding hydrogens is 379 g/mol. The first-order valence-electron chi connectivity index (χ1n) is 9.87. The SMILES string of the molecule is O=CN(O)C[C@@H](CC1CCCC1)C(=O)N1N=CC[C@H]1C(=O)Cc1ccc(F)cn1. The molecule has 29 heavy (non-hydrogen) atoms. The summed E-state index contributed by atoms with van der Waals surface area (Å²) in [5.74, 6) is -1.39. The maximum absolute atomic E-state index is 13.1. The first kappa shape index (κ1) is 21.0. The molecule has 1 fully saturated rings. The van der Waals surface area contributed by atoms with Gasteiger partial charge in [0.2, 0.25) is 12.3 Å². The zero-order chi connectivity index (χ0) is 20.8. The standard InChI is InChI=1S/C20H25FN4O4/c21-16-5-6-17(22-11-16)10-19(27)18-7-8-23-25(18)20(28)15(12-24(29)13-26)9-14-3-1-2-4-14/h5-6,8,11,13-15,18,29H,1-4,7,9-10,12H2/t15-,18+/m1/s1. The molecule has 2 amide bonds. The molecule has 0 spiro atoms. The van der Waals surface area contributed by atoms with Crippen LogP contribution in [0.25, 0.3) is 0 Å². The van der Waals surface area contributed by atoms with E-state index in [-0.39, 0.29) is 31.1 Å². The van der Waals surface area contributed by atoms with Crippen LogP contribution in [0.4, 0.5) is 4.39 Å². The fraction of sp³-hybridized carbons (Fsp3) is 0.550. The highest BCUT2D eigenvalue weighted by Gasteiger charge is 2.37. The highest BCUT2D eigenvalue weighted by atomic mass is 19.1. The van der Waals surface area contributed by atoms with E-state index >= 15 is 0 Å². The van der Waals surface area contributed by atoms with Gasteiger partial charge in [-0.3, -0.25) is 24.6 Å². The molecule has 2 atom stereocenters. The average molecular weight is 404 g/mol. The number of hydrogen-bond acceptors (Lipinski definition) is 6. The minimum absolute atomic E-state index is 0.0359. The van der Waals surface area contributed by atoms with Crippen molar-refractivity contribution in [1.82, 2.24) is 15.1 Å². The summed E-state index contributed by atoms with van der Waals surface area (Å²) in [7, 11) is 0.